The summed E-state index contributed by atoms with van der Waals surface area (Å²) in [5, 5.41) is 3.10. The molecule has 2 fully saturated rings. The normalized spacial score (nSPS) is 25.8. The molecule has 0 aromatic carbocycles. The molecule has 1 atom stereocenters. The number of nitrogens with one attached hydrogen (secondary N) is 1. The predicted octanol–water partition coefficient (Wildman–Crippen LogP) is 0.698. The molecule has 1 N–H and O–H groups in total. The van der Waals surface area contributed by atoms with Crippen LogP contribution in [0.1, 0.15) is 33.1 Å². The van der Waals surface area contributed by atoms with E-state index in [0.29, 0.717) is 6.10 Å². The van der Waals surface area contributed by atoms with Crippen LogP contribution in [0.15, 0.2) is 0 Å². The van der Waals surface area contributed by atoms with E-state index in [2.05, 4.69) is 10.2 Å². The van der Waals surface area contributed by atoms with Crippen LogP contribution < -0.4 is 5.32 Å². The Bertz CT molecular complexity index is 327. The van der Waals surface area contributed by atoms with Crippen LogP contribution in [-0.2, 0) is 9.53 Å². The molecule has 5 heteroatoms. The van der Waals surface area contributed by atoms with Crippen molar-refractivity contribution in [3.63, 3.8) is 0 Å². The summed E-state index contributed by atoms with van der Waals surface area (Å²) in [5.74, 6) is 0.207. The number of nitrogens with zero attached hydrogens (tertiary/aromatic N) is 2. The van der Waals surface area contributed by atoms with Gasteiger partial charge in [-0.15, -0.1) is 0 Å². The maximum absolute atomic E-state index is 12.5. The van der Waals surface area contributed by atoms with Gasteiger partial charge in [0.2, 0.25) is 5.91 Å². The molecule has 0 radical (unpaired) electrons. The number of ether oxygens (including phenoxy) is 1. The molecule has 2 heterocycles. The van der Waals surface area contributed by atoms with E-state index in [1.54, 1.807) is 0 Å². The summed E-state index contributed by atoms with van der Waals surface area (Å²) < 4.78 is 5.71. The van der Waals surface area contributed by atoms with Crippen LogP contribution in [0.5, 0.6) is 0 Å². The zero-order valence-electron chi connectivity index (χ0n) is 13.2. The molecule has 0 spiro atoms. The Labute approximate surface area is 122 Å². The third-order valence-corrected chi connectivity index (χ3v) is 4.52. The number of rotatable bonds is 4. The Morgan fingerprint density at radius 1 is 1.25 bits per heavy atom. The van der Waals surface area contributed by atoms with Crippen molar-refractivity contribution in [2.75, 3.05) is 46.4 Å². The zero-order valence-corrected chi connectivity index (χ0v) is 13.2. The van der Waals surface area contributed by atoms with Gasteiger partial charge in [-0.1, -0.05) is 0 Å². The van der Waals surface area contributed by atoms with Gasteiger partial charge in [-0.2, -0.15) is 0 Å². The van der Waals surface area contributed by atoms with E-state index in [0.717, 1.165) is 45.8 Å². The minimum Gasteiger partial charge on any atom is -0.377 e. The molecule has 0 aliphatic carbocycles. The summed E-state index contributed by atoms with van der Waals surface area (Å²) in [6, 6.07) is 0. The number of hydrogen-bond donors (Lipinski definition) is 1. The van der Waals surface area contributed by atoms with Crippen LogP contribution in [0.3, 0.4) is 0 Å². The van der Waals surface area contributed by atoms with Gasteiger partial charge in [0.05, 0.1) is 11.6 Å². The van der Waals surface area contributed by atoms with Crippen LogP contribution in [0.4, 0.5) is 0 Å². The van der Waals surface area contributed by atoms with E-state index in [9.17, 15) is 4.79 Å². The fraction of sp³-hybridized carbons (Fsp3) is 0.933. The molecular formula is C15H29N3O2. The van der Waals surface area contributed by atoms with Gasteiger partial charge in [-0.3, -0.25) is 9.69 Å². The summed E-state index contributed by atoms with van der Waals surface area (Å²) in [7, 11) is 1.85. The van der Waals surface area contributed by atoms with Gasteiger partial charge in [-0.05, 0) is 46.7 Å². The van der Waals surface area contributed by atoms with E-state index in [1.165, 1.54) is 12.8 Å². The van der Waals surface area contributed by atoms with Crippen molar-refractivity contribution in [3.05, 3.63) is 0 Å². The molecule has 0 aromatic heterocycles. The fourth-order valence-corrected chi connectivity index (χ4v) is 2.94. The van der Waals surface area contributed by atoms with Gasteiger partial charge in [0, 0.05) is 32.8 Å². The van der Waals surface area contributed by atoms with Crippen molar-refractivity contribution in [2.24, 2.45) is 0 Å². The molecular weight excluding hydrogens is 254 g/mol. The highest BCUT2D eigenvalue weighted by atomic mass is 16.5. The third kappa shape index (κ3) is 3.93. The average molecular weight is 283 g/mol. The summed E-state index contributed by atoms with van der Waals surface area (Å²) in [4.78, 5) is 16.9. The Morgan fingerprint density at radius 2 is 2.05 bits per heavy atom. The standard InChI is InChI=1S/C15H29N3O2/c1-15(2,16-3)14(19)18-8-5-7-17(9-10-18)12-13-6-4-11-20-13/h13,16H,4-12H2,1-3H3. The van der Waals surface area contributed by atoms with E-state index < -0.39 is 5.54 Å². The van der Waals surface area contributed by atoms with Crippen molar-refractivity contribution in [2.45, 2.75) is 44.8 Å². The zero-order chi connectivity index (χ0) is 14.6. The Kier molecular flexibility index (Phi) is 5.41. The lowest BCUT2D eigenvalue weighted by molar-refractivity contribution is -0.136. The van der Waals surface area contributed by atoms with Gasteiger partial charge >= 0.3 is 0 Å². The molecule has 5 nitrogen and oxygen atoms in total. The lowest BCUT2D eigenvalue weighted by Gasteiger charge is -2.31. The minimum absolute atomic E-state index is 0.207. The lowest BCUT2D eigenvalue weighted by atomic mass is 10.0. The van der Waals surface area contributed by atoms with Crippen LogP contribution in [0, 0.1) is 0 Å². The third-order valence-electron chi connectivity index (χ3n) is 4.52. The molecule has 0 bridgehead atoms. The Morgan fingerprint density at radius 3 is 2.70 bits per heavy atom. The highest BCUT2D eigenvalue weighted by molar-refractivity contribution is 5.85. The first-order valence-electron chi connectivity index (χ1n) is 7.85. The van der Waals surface area contributed by atoms with E-state index in [1.807, 2.05) is 25.8 Å². The summed E-state index contributed by atoms with van der Waals surface area (Å²) in [6.07, 6.45) is 3.84. The first-order chi connectivity index (χ1) is 9.53. The molecule has 116 valence electrons. The van der Waals surface area contributed by atoms with Crippen LogP contribution in [-0.4, -0.2) is 73.7 Å². The number of amides is 1. The number of carbonyl (C=O) groups is 1. The number of hydrogen-bond acceptors (Lipinski definition) is 4. The van der Waals surface area contributed by atoms with Gasteiger partial charge in [0.25, 0.3) is 0 Å². The van der Waals surface area contributed by atoms with E-state index in [4.69, 9.17) is 4.74 Å². The van der Waals surface area contributed by atoms with E-state index in [-0.39, 0.29) is 5.91 Å². The number of carbonyl (C=O) groups excluding carboxylic acids is 1. The highest BCUT2D eigenvalue weighted by Gasteiger charge is 2.31. The van der Waals surface area contributed by atoms with Crippen LogP contribution in [0.2, 0.25) is 0 Å². The fourth-order valence-electron chi connectivity index (χ4n) is 2.94. The molecule has 2 aliphatic rings. The topological polar surface area (TPSA) is 44.8 Å². The summed E-state index contributed by atoms with van der Waals surface area (Å²) in [5.41, 5.74) is -0.469. The van der Waals surface area contributed by atoms with Gasteiger partial charge in [0.15, 0.2) is 0 Å². The largest absolute Gasteiger partial charge is 0.377 e. The molecule has 0 saturated carbocycles. The highest BCUT2D eigenvalue weighted by Crippen LogP contribution is 2.16. The van der Waals surface area contributed by atoms with Crippen LogP contribution in [0.25, 0.3) is 0 Å². The second-order valence-corrected chi connectivity index (χ2v) is 6.46. The van der Waals surface area contributed by atoms with Gasteiger partial charge in [0.1, 0.15) is 0 Å². The van der Waals surface area contributed by atoms with Crippen molar-refractivity contribution in [3.8, 4) is 0 Å². The second-order valence-electron chi connectivity index (χ2n) is 6.46. The molecule has 2 aliphatic heterocycles. The van der Waals surface area contributed by atoms with Crippen molar-refractivity contribution in [1.29, 1.82) is 0 Å². The minimum atomic E-state index is -0.469. The van der Waals surface area contributed by atoms with Crippen molar-refractivity contribution >= 4 is 5.91 Å². The lowest BCUT2D eigenvalue weighted by Crippen LogP contribution is -2.53. The first-order valence-corrected chi connectivity index (χ1v) is 7.85. The van der Waals surface area contributed by atoms with Gasteiger partial charge < -0.3 is 15.0 Å². The maximum Gasteiger partial charge on any atom is 0.242 e. The smallest absolute Gasteiger partial charge is 0.242 e. The average Bonchev–Trinajstić information content (AvgIpc) is 2.83. The van der Waals surface area contributed by atoms with Gasteiger partial charge in [-0.25, -0.2) is 0 Å². The van der Waals surface area contributed by atoms with Crippen molar-refractivity contribution in [1.82, 2.24) is 15.1 Å². The molecule has 1 unspecified atom stereocenters. The molecule has 2 saturated heterocycles. The van der Waals surface area contributed by atoms with Crippen molar-refractivity contribution < 1.29 is 9.53 Å². The first kappa shape index (κ1) is 15.7. The molecule has 1 amide bonds. The monoisotopic (exact) mass is 283 g/mol. The molecule has 20 heavy (non-hydrogen) atoms. The van der Waals surface area contributed by atoms with Crippen LogP contribution >= 0.6 is 0 Å². The number of likely N-dealkylation sites (N-methyl/N-ethyl adjacent to an activating group) is 1. The molecule has 0 aromatic rings. The SMILES string of the molecule is CNC(C)(C)C(=O)N1CCCN(CC2CCCO2)CC1. The Hall–Kier alpha value is -0.650. The summed E-state index contributed by atoms with van der Waals surface area (Å²) >= 11 is 0. The maximum atomic E-state index is 12.5. The molecule has 2 rings (SSSR count). The predicted molar refractivity (Wildman–Crippen MR) is 79.7 cm³/mol. The Balaban J connectivity index is 1.83. The van der Waals surface area contributed by atoms with E-state index >= 15 is 0 Å². The quantitative estimate of drug-likeness (QED) is 0.825. The second kappa shape index (κ2) is 6.87. The summed E-state index contributed by atoms with van der Waals surface area (Å²) in [6.45, 7) is 9.57.